The molecule has 1 saturated heterocycles. The number of rotatable bonds is 5. The van der Waals surface area contributed by atoms with E-state index in [4.69, 9.17) is 0 Å². The normalized spacial score (nSPS) is 19.7. The van der Waals surface area contributed by atoms with Gasteiger partial charge < -0.3 is 15.3 Å². The van der Waals surface area contributed by atoms with Crippen LogP contribution in [0.3, 0.4) is 0 Å². The monoisotopic (exact) mass is 298 g/mol. The van der Waals surface area contributed by atoms with Crippen molar-refractivity contribution < 1.29 is 14.7 Å². The predicted octanol–water partition coefficient (Wildman–Crippen LogP) is 1.69. The Balaban J connectivity index is 2.84. The highest BCUT2D eigenvalue weighted by molar-refractivity contribution is 5.90. The van der Waals surface area contributed by atoms with Crippen molar-refractivity contribution in [2.24, 2.45) is 5.41 Å². The zero-order valence-electron chi connectivity index (χ0n) is 14.0. The molecule has 5 heteroatoms. The third kappa shape index (κ3) is 3.96. The van der Waals surface area contributed by atoms with Crippen LogP contribution in [0, 0.1) is 5.41 Å². The Kier molecular flexibility index (Phi) is 5.79. The molecule has 0 aromatic heterocycles. The van der Waals surface area contributed by atoms with Crippen molar-refractivity contribution in [3.05, 3.63) is 0 Å². The number of carbonyl (C=O) groups excluding carboxylic acids is 2. The summed E-state index contributed by atoms with van der Waals surface area (Å²) in [6.07, 6.45) is 2.89. The summed E-state index contributed by atoms with van der Waals surface area (Å²) in [5, 5.41) is 12.6. The molecule has 1 fully saturated rings. The molecule has 0 aromatic carbocycles. The minimum absolute atomic E-state index is 0.0164. The van der Waals surface area contributed by atoms with Gasteiger partial charge in [-0.05, 0) is 25.7 Å². The summed E-state index contributed by atoms with van der Waals surface area (Å²) in [4.78, 5) is 26.7. The molecule has 122 valence electrons. The van der Waals surface area contributed by atoms with Crippen LogP contribution in [0.4, 0.5) is 0 Å². The van der Waals surface area contributed by atoms with Gasteiger partial charge in [0.2, 0.25) is 11.8 Å². The van der Waals surface area contributed by atoms with Crippen LogP contribution in [-0.2, 0) is 9.59 Å². The molecule has 1 aliphatic rings. The fourth-order valence-electron chi connectivity index (χ4n) is 2.75. The molecular formula is C16H30N2O3. The highest BCUT2D eigenvalue weighted by Gasteiger charge is 2.40. The number of hydrogen-bond donors (Lipinski definition) is 2. The van der Waals surface area contributed by atoms with E-state index in [9.17, 15) is 14.7 Å². The van der Waals surface area contributed by atoms with Crippen LogP contribution in [0.1, 0.15) is 60.3 Å². The van der Waals surface area contributed by atoms with Gasteiger partial charge in [-0.3, -0.25) is 9.59 Å². The molecular weight excluding hydrogens is 268 g/mol. The fourth-order valence-corrected chi connectivity index (χ4v) is 2.75. The fraction of sp³-hybridized carbons (Fsp3) is 0.875. The Labute approximate surface area is 128 Å². The Morgan fingerprint density at radius 1 is 1.24 bits per heavy atom. The van der Waals surface area contributed by atoms with Crippen molar-refractivity contribution in [3.8, 4) is 0 Å². The van der Waals surface area contributed by atoms with Gasteiger partial charge in [0.15, 0.2) is 0 Å². The van der Waals surface area contributed by atoms with Crippen LogP contribution in [-0.4, -0.2) is 46.6 Å². The van der Waals surface area contributed by atoms with Crippen molar-refractivity contribution in [1.29, 1.82) is 0 Å². The van der Waals surface area contributed by atoms with Crippen molar-refractivity contribution in [1.82, 2.24) is 10.2 Å². The highest BCUT2D eigenvalue weighted by Crippen LogP contribution is 2.26. The maximum absolute atomic E-state index is 12.6. The molecule has 2 N–H and O–H groups in total. The van der Waals surface area contributed by atoms with Gasteiger partial charge in [-0.1, -0.05) is 34.6 Å². The summed E-state index contributed by atoms with van der Waals surface area (Å²) in [7, 11) is 0. The molecule has 1 unspecified atom stereocenters. The molecule has 0 saturated carbocycles. The van der Waals surface area contributed by atoms with Crippen LogP contribution in [0.15, 0.2) is 0 Å². The largest absolute Gasteiger partial charge is 0.394 e. The second kappa shape index (κ2) is 6.77. The first-order valence-electron chi connectivity index (χ1n) is 7.94. The lowest BCUT2D eigenvalue weighted by atomic mass is 9.92. The number of carbonyl (C=O) groups is 2. The third-order valence-electron chi connectivity index (χ3n) is 4.50. The molecule has 5 nitrogen and oxygen atoms in total. The molecule has 0 aliphatic carbocycles. The minimum Gasteiger partial charge on any atom is -0.394 e. The lowest BCUT2D eigenvalue weighted by Crippen LogP contribution is -2.57. The molecule has 0 spiro atoms. The van der Waals surface area contributed by atoms with Gasteiger partial charge >= 0.3 is 0 Å². The lowest BCUT2D eigenvalue weighted by molar-refractivity contribution is -0.145. The first-order valence-corrected chi connectivity index (χ1v) is 7.94. The van der Waals surface area contributed by atoms with Crippen molar-refractivity contribution in [2.75, 3.05) is 13.2 Å². The summed E-state index contributed by atoms with van der Waals surface area (Å²) in [6, 6.07) is -0.402. The first kappa shape index (κ1) is 18.0. The van der Waals surface area contributed by atoms with E-state index in [1.54, 1.807) is 4.90 Å². The van der Waals surface area contributed by atoms with E-state index in [-0.39, 0.29) is 18.4 Å². The summed E-state index contributed by atoms with van der Waals surface area (Å²) in [5.74, 6) is -0.120. The van der Waals surface area contributed by atoms with Crippen LogP contribution in [0.2, 0.25) is 0 Å². The van der Waals surface area contributed by atoms with Gasteiger partial charge in [-0.2, -0.15) is 0 Å². The van der Waals surface area contributed by atoms with Crippen molar-refractivity contribution in [2.45, 2.75) is 71.9 Å². The first-order chi connectivity index (χ1) is 9.70. The Hall–Kier alpha value is -1.10. The SMILES string of the molecule is CCC(CC)(CO)NC(=O)C1CCCN1C(=O)C(C)(C)C. The van der Waals surface area contributed by atoms with Gasteiger partial charge in [0, 0.05) is 12.0 Å². The van der Waals surface area contributed by atoms with E-state index >= 15 is 0 Å². The van der Waals surface area contributed by atoms with Gasteiger partial charge in [0.25, 0.3) is 0 Å². The van der Waals surface area contributed by atoms with Gasteiger partial charge in [-0.25, -0.2) is 0 Å². The van der Waals surface area contributed by atoms with E-state index in [0.717, 1.165) is 6.42 Å². The molecule has 1 aliphatic heterocycles. The quantitative estimate of drug-likeness (QED) is 0.811. The predicted molar refractivity (Wildman–Crippen MR) is 82.7 cm³/mol. The zero-order chi connectivity index (χ0) is 16.3. The van der Waals surface area contributed by atoms with Gasteiger partial charge in [0.05, 0.1) is 12.1 Å². The minimum atomic E-state index is -0.573. The molecule has 0 radical (unpaired) electrons. The summed E-state index contributed by atoms with van der Waals surface area (Å²) >= 11 is 0. The molecule has 0 bridgehead atoms. The van der Waals surface area contributed by atoms with E-state index in [0.29, 0.717) is 25.8 Å². The number of hydrogen-bond acceptors (Lipinski definition) is 3. The summed E-state index contributed by atoms with van der Waals surface area (Å²) in [5.41, 5.74) is -1.05. The molecule has 1 atom stereocenters. The smallest absolute Gasteiger partial charge is 0.243 e. The molecule has 1 rings (SSSR count). The number of likely N-dealkylation sites (tertiary alicyclic amines) is 1. The van der Waals surface area contributed by atoms with E-state index in [2.05, 4.69) is 5.32 Å². The van der Waals surface area contributed by atoms with Crippen LogP contribution in [0.5, 0.6) is 0 Å². The van der Waals surface area contributed by atoms with Crippen molar-refractivity contribution >= 4 is 11.8 Å². The van der Waals surface area contributed by atoms with E-state index in [1.807, 2.05) is 34.6 Å². The highest BCUT2D eigenvalue weighted by atomic mass is 16.3. The molecule has 0 aromatic rings. The third-order valence-corrected chi connectivity index (χ3v) is 4.50. The lowest BCUT2D eigenvalue weighted by Gasteiger charge is -2.35. The van der Waals surface area contributed by atoms with Crippen LogP contribution in [0.25, 0.3) is 0 Å². The number of nitrogens with zero attached hydrogens (tertiary/aromatic N) is 1. The maximum atomic E-state index is 12.6. The summed E-state index contributed by atoms with van der Waals surface area (Å²) in [6.45, 7) is 10.1. The van der Waals surface area contributed by atoms with E-state index < -0.39 is 17.0 Å². The molecule has 21 heavy (non-hydrogen) atoms. The maximum Gasteiger partial charge on any atom is 0.243 e. The molecule has 1 heterocycles. The second-order valence-electron chi connectivity index (χ2n) is 7.04. The topological polar surface area (TPSA) is 69.6 Å². The average Bonchev–Trinajstić information content (AvgIpc) is 2.92. The summed E-state index contributed by atoms with van der Waals surface area (Å²) < 4.78 is 0. The Morgan fingerprint density at radius 2 is 1.81 bits per heavy atom. The number of nitrogens with one attached hydrogen (secondary N) is 1. The number of aliphatic hydroxyl groups excluding tert-OH is 1. The van der Waals surface area contributed by atoms with Gasteiger partial charge in [-0.15, -0.1) is 0 Å². The van der Waals surface area contributed by atoms with Crippen LogP contribution >= 0.6 is 0 Å². The van der Waals surface area contributed by atoms with Gasteiger partial charge in [0.1, 0.15) is 6.04 Å². The van der Waals surface area contributed by atoms with Crippen molar-refractivity contribution in [3.63, 3.8) is 0 Å². The van der Waals surface area contributed by atoms with Crippen LogP contribution < -0.4 is 5.32 Å². The van der Waals surface area contributed by atoms with E-state index in [1.165, 1.54) is 0 Å². The number of aliphatic hydroxyl groups is 1. The standard InChI is InChI=1S/C16H30N2O3/c1-6-16(7-2,11-19)17-13(20)12-9-8-10-18(12)14(21)15(3,4)5/h12,19H,6-11H2,1-5H3,(H,17,20). The Bertz CT molecular complexity index is 375. The zero-order valence-corrected chi connectivity index (χ0v) is 14.0. The average molecular weight is 298 g/mol. The number of amides is 2. The second-order valence-corrected chi connectivity index (χ2v) is 7.04. The molecule has 2 amide bonds. The Morgan fingerprint density at radius 3 is 2.24 bits per heavy atom.